The van der Waals surface area contributed by atoms with Crippen molar-refractivity contribution in [1.82, 2.24) is 0 Å². The summed E-state index contributed by atoms with van der Waals surface area (Å²) in [6.07, 6.45) is -2.50. The first kappa shape index (κ1) is 16.9. The standard InChI is InChI=1S/C12H14ClNO5S/c1-7(15)20-5-4-11(16)12(17)9-6-8(13)2-3-10(9)14(18)19/h2-3,6,11-12,16-17H,4-5H2,1H3. The van der Waals surface area contributed by atoms with E-state index in [0.717, 1.165) is 11.8 Å². The molecule has 0 fully saturated rings. The van der Waals surface area contributed by atoms with Gasteiger partial charge < -0.3 is 10.2 Å². The summed E-state index contributed by atoms with van der Waals surface area (Å²) in [5.41, 5.74) is -0.344. The Hall–Kier alpha value is -1.15. The Morgan fingerprint density at radius 3 is 2.70 bits per heavy atom. The normalized spacial score (nSPS) is 13.8. The number of nitrogens with zero attached hydrogens (tertiary/aromatic N) is 1. The summed E-state index contributed by atoms with van der Waals surface area (Å²) in [4.78, 5) is 21.0. The van der Waals surface area contributed by atoms with Crippen LogP contribution in [0.5, 0.6) is 0 Å². The van der Waals surface area contributed by atoms with Crippen LogP contribution in [-0.4, -0.2) is 32.1 Å². The van der Waals surface area contributed by atoms with E-state index in [-0.39, 0.29) is 27.8 Å². The fourth-order valence-electron chi connectivity index (χ4n) is 1.62. The maximum absolute atomic E-state index is 10.9. The Kier molecular flexibility index (Phi) is 6.41. The summed E-state index contributed by atoms with van der Waals surface area (Å²) >= 11 is 6.77. The smallest absolute Gasteiger partial charge is 0.275 e. The molecule has 0 heterocycles. The van der Waals surface area contributed by atoms with Gasteiger partial charge in [-0.2, -0.15) is 0 Å². The fourth-order valence-corrected chi connectivity index (χ4v) is 2.44. The highest BCUT2D eigenvalue weighted by Gasteiger charge is 2.26. The molecule has 2 atom stereocenters. The SMILES string of the molecule is CC(=O)SCCC(O)C(O)c1cc(Cl)ccc1[N+](=O)[O-]. The summed E-state index contributed by atoms with van der Waals surface area (Å²) in [5, 5.41) is 30.9. The third-order valence-electron chi connectivity index (χ3n) is 2.59. The van der Waals surface area contributed by atoms with Gasteiger partial charge in [0.25, 0.3) is 5.69 Å². The molecule has 0 bridgehead atoms. The van der Waals surface area contributed by atoms with Crippen molar-refractivity contribution in [1.29, 1.82) is 0 Å². The monoisotopic (exact) mass is 319 g/mol. The molecular formula is C12H14ClNO5S. The second-order valence-corrected chi connectivity index (χ2v) is 5.81. The third kappa shape index (κ3) is 4.75. The van der Waals surface area contributed by atoms with Crippen LogP contribution in [-0.2, 0) is 4.79 Å². The van der Waals surface area contributed by atoms with Crippen molar-refractivity contribution in [3.63, 3.8) is 0 Å². The summed E-state index contributed by atoms with van der Waals surface area (Å²) in [7, 11) is 0. The zero-order valence-electron chi connectivity index (χ0n) is 10.7. The highest BCUT2D eigenvalue weighted by molar-refractivity contribution is 8.13. The van der Waals surface area contributed by atoms with Crippen LogP contribution in [0.1, 0.15) is 25.0 Å². The van der Waals surface area contributed by atoms with Gasteiger partial charge in [-0.15, -0.1) is 0 Å². The maximum Gasteiger partial charge on any atom is 0.275 e. The molecular weight excluding hydrogens is 306 g/mol. The van der Waals surface area contributed by atoms with E-state index >= 15 is 0 Å². The number of nitro groups is 1. The van der Waals surface area contributed by atoms with Gasteiger partial charge in [-0.25, -0.2) is 0 Å². The number of hydrogen-bond donors (Lipinski definition) is 2. The quantitative estimate of drug-likeness (QED) is 0.616. The van der Waals surface area contributed by atoms with Gasteiger partial charge in [0, 0.05) is 23.8 Å². The van der Waals surface area contributed by atoms with Crippen molar-refractivity contribution in [2.45, 2.75) is 25.6 Å². The first-order valence-electron chi connectivity index (χ1n) is 5.76. The Bertz CT molecular complexity index is 511. The number of thioether (sulfide) groups is 1. The molecule has 1 aromatic carbocycles. The topological polar surface area (TPSA) is 101 Å². The molecule has 0 aliphatic rings. The van der Waals surface area contributed by atoms with Gasteiger partial charge in [0.2, 0.25) is 0 Å². The number of carbonyl (C=O) groups is 1. The van der Waals surface area contributed by atoms with Crippen LogP contribution in [0.3, 0.4) is 0 Å². The van der Waals surface area contributed by atoms with E-state index in [1.165, 1.54) is 25.1 Å². The number of aliphatic hydroxyl groups is 2. The van der Waals surface area contributed by atoms with Crippen molar-refractivity contribution >= 4 is 34.2 Å². The molecule has 20 heavy (non-hydrogen) atoms. The maximum atomic E-state index is 10.9. The Labute approximate surface area is 124 Å². The van der Waals surface area contributed by atoms with E-state index < -0.39 is 17.1 Å². The number of aliphatic hydroxyl groups excluding tert-OH is 2. The van der Waals surface area contributed by atoms with Crippen molar-refractivity contribution in [2.24, 2.45) is 0 Å². The number of halogens is 1. The summed E-state index contributed by atoms with van der Waals surface area (Å²) in [5.74, 6) is 0.321. The molecule has 0 aliphatic carbocycles. The predicted molar refractivity (Wildman–Crippen MR) is 76.8 cm³/mol. The summed E-state index contributed by atoms with van der Waals surface area (Å²) in [6.45, 7) is 1.40. The van der Waals surface area contributed by atoms with Crippen molar-refractivity contribution in [3.8, 4) is 0 Å². The highest BCUT2D eigenvalue weighted by atomic mass is 35.5. The Morgan fingerprint density at radius 1 is 1.50 bits per heavy atom. The summed E-state index contributed by atoms with van der Waals surface area (Å²) < 4.78 is 0. The Balaban J connectivity index is 2.84. The molecule has 110 valence electrons. The highest BCUT2D eigenvalue weighted by Crippen LogP contribution is 2.31. The van der Waals surface area contributed by atoms with Crippen molar-refractivity contribution in [3.05, 3.63) is 38.9 Å². The molecule has 0 amide bonds. The van der Waals surface area contributed by atoms with Crippen LogP contribution < -0.4 is 0 Å². The molecule has 1 aromatic rings. The van der Waals surface area contributed by atoms with Gasteiger partial charge in [-0.05, 0) is 18.6 Å². The van der Waals surface area contributed by atoms with Crippen molar-refractivity contribution < 1.29 is 19.9 Å². The average Bonchev–Trinajstić information content (AvgIpc) is 2.36. The van der Waals surface area contributed by atoms with Crippen LogP contribution in [0.15, 0.2) is 18.2 Å². The van der Waals surface area contributed by atoms with E-state index in [9.17, 15) is 25.1 Å². The van der Waals surface area contributed by atoms with Gasteiger partial charge in [0.15, 0.2) is 5.12 Å². The van der Waals surface area contributed by atoms with Crippen LogP contribution in [0.4, 0.5) is 5.69 Å². The number of carbonyl (C=O) groups excluding carboxylic acids is 1. The van der Waals surface area contributed by atoms with E-state index in [4.69, 9.17) is 11.6 Å². The number of benzene rings is 1. The molecule has 0 saturated heterocycles. The molecule has 0 aliphatic heterocycles. The molecule has 0 aromatic heterocycles. The second-order valence-electron chi connectivity index (χ2n) is 4.10. The van der Waals surface area contributed by atoms with Crippen molar-refractivity contribution in [2.75, 3.05) is 5.75 Å². The zero-order chi connectivity index (χ0) is 15.3. The predicted octanol–water partition coefficient (Wildman–Crippen LogP) is 2.31. The lowest BCUT2D eigenvalue weighted by Crippen LogP contribution is -2.20. The molecule has 8 heteroatoms. The van der Waals surface area contributed by atoms with Gasteiger partial charge in [0.05, 0.1) is 16.6 Å². The second kappa shape index (κ2) is 7.58. The lowest BCUT2D eigenvalue weighted by atomic mass is 10.0. The van der Waals surface area contributed by atoms with E-state index in [0.29, 0.717) is 5.75 Å². The molecule has 0 saturated carbocycles. The number of nitro benzene ring substituents is 1. The van der Waals surface area contributed by atoms with E-state index in [2.05, 4.69) is 0 Å². The molecule has 2 unspecified atom stereocenters. The zero-order valence-corrected chi connectivity index (χ0v) is 12.2. The third-order valence-corrected chi connectivity index (χ3v) is 3.67. The Morgan fingerprint density at radius 2 is 2.15 bits per heavy atom. The largest absolute Gasteiger partial charge is 0.390 e. The molecule has 1 rings (SSSR count). The lowest BCUT2D eigenvalue weighted by Gasteiger charge is -2.18. The van der Waals surface area contributed by atoms with Gasteiger partial charge in [0.1, 0.15) is 6.10 Å². The number of rotatable bonds is 6. The van der Waals surface area contributed by atoms with Gasteiger partial charge >= 0.3 is 0 Å². The first-order valence-corrected chi connectivity index (χ1v) is 7.12. The molecule has 0 radical (unpaired) electrons. The van der Waals surface area contributed by atoms with E-state index in [1.807, 2.05) is 0 Å². The fraction of sp³-hybridized carbons (Fsp3) is 0.417. The van der Waals surface area contributed by atoms with Crippen LogP contribution in [0, 0.1) is 10.1 Å². The van der Waals surface area contributed by atoms with Crippen LogP contribution in [0.2, 0.25) is 5.02 Å². The van der Waals surface area contributed by atoms with E-state index in [1.54, 1.807) is 0 Å². The molecule has 6 nitrogen and oxygen atoms in total. The first-order chi connectivity index (χ1) is 9.32. The van der Waals surface area contributed by atoms with Gasteiger partial charge in [-0.3, -0.25) is 14.9 Å². The minimum absolute atomic E-state index is 0.0391. The average molecular weight is 320 g/mol. The van der Waals surface area contributed by atoms with Gasteiger partial charge in [-0.1, -0.05) is 23.4 Å². The van der Waals surface area contributed by atoms with Crippen LogP contribution >= 0.6 is 23.4 Å². The molecule has 2 N–H and O–H groups in total. The lowest BCUT2D eigenvalue weighted by molar-refractivity contribution is -0.386. The minimum atomic E-state index is -1.43. The minimum Gasteiger partial charge on any atom is -0.390 e. The summed E-state index contributed by atoms with van der Waals surface area (Å²) in [6, 6.07) is 3.78. The van der Waals surface area contributed by atoms with Crippen LogP contribution in [0.25, 0.3) is 0 Å². The number of hydrogen-bond acceptors (Lipinski definition) is 6. The molecule has 0 spiro atoms.